The standard InChI is InChI=1S/C25H20FN5O2/c26-18-6-3-15(4-7-18)22-23(16-5-8-20-17(12-16)13-21(33)28-20)31-11-9-27-24(25(31)29-22)30-10-1-2-19(32)14-30/h3-9,11-12H,1-2,10,13-14H2,(H,28,33). The van der Waals surface area contributed by atoms with Gasteiger partial charge in [0.05, 0.1) is 24.4 Å². The lowest BCUT2D eigenvalue weighted by Crippen LogP contribution is -2.36. The smallest absolute Gasteiger partial charge is 0.228 e. The number of hydrogen-bond acceptors (Lipinski definition) is 5. The number of carbonyl (C=O) groups is 2. The normalized spacial score (nSPS) is 15.7. The van der Waals surface area contributed by atoms with Crippen LogP contribution in [0.5, 0.6) is 0 Å². The number of carbonyl (C=O) groups excluding carboxylic acids is 2. The van der Waals surface area contributed by atoms with Crippen molar-refractivity contribution in [2.75, 3.05) is 23.3 Å². The fourth-order valence-electron chi connectivity index (χ4n) is 4.67. The molecule has 0 atom stereocenters. The topological polar surface area (TPSA) is 79.6 Å². The van der Waals surface area contributed by atoms with Gasteiger partial charge < -0.3 is 10.2 Å². The van der Waals surface area contributed by atoms with Crippen LogP contribution in [0.1, 0.15) is 18.4 Å². The molecule has 164 valence electrons. The predicted octanol–water partition coefficient (Wildman–Crippen LogP) is 3.87. The summed E-state index contributed by atoms with van der Waals surface area (Å²) in [5.41, 5.74) is 5.55. The number of anilines is 2. The van der Waals surface area contributed by atoms with Gasteiger partial charge in [-0.05, 0) is 48.4 Å². The number of benzene rings is 2. The van der Waals surface area contributed by atoms with E-state index in [2.05, 4.69) is 10.3 Å². The Bertz CT molecular complexity index is 1430. The van der Waals surface area contributed by atoms with Gasteiger partial charge in [0.1, 0.15) is 5.82 Å². The van der Waals surface area contributed by atoms with Crippen LogP contribution in [0, 0.1) is 5.82 Å². The molecule has 2 aliphatic rings. The van der Waals surface area contributed by atoms with Gasteiger partial charge in [-0.2, -0.15) is 0 Å². The van der Waals surface area contributed by atoms with E-state index in [1.54, 1.807) is 18.3 Å². The molecule has 1 N–H and O–H groups in total. The lowest BCUT2D eigenvalue weighted by Gasteiger charge is -2.26. The fraction of sp³-hybridized carbons (Fsp3) is 0.200. The minimum absolute atomic E-state index is 0.0275. The SMILES string of the molecule is O=C1CCCN(c2nccn3c(-c4ccc5c(c4)CC(=O)N5)c(-c4ccc(F)cc4)nc23)C1. The van der Waals surface area contributed by atoms with Crippen molar-refractivity contribution in [2.45, 2.75) is 19.3 Å². The number of hydrogen-bond donors (Lipinski definition) is 1. The summed E-state index contributed by atoms with van der Waals surface area (Å²) in [6, 6.07) is 12.1. The zero-order chi connectivity index (χ0) is 22.5. The number of piperidine rings is 1. The summed E-state index contributed by atoms with van der Waals surface area (Å²) < 4.78 is 15.6. The second-order valence-electron chi connectivity index (χ2n) is 8.42. The van der Waals surface area contributed by atoms with Crippen molar-refractivity contribution >= 4 is 28.8 Å². The molecule has 0 aliphatic carbocycles. The molecule has 0 spiro atoms. The van der Waals surface area contributed by atoms with E-state index in [0.29, 0.717) is 36.5 Å². The van der Waals surface area contributed by atoms with E-state index in [1.165, 1.54) is 12.1 Å². The van der Waals surface area contributed by atoms with E-state index in [4.69, 9.17) is 4.98 Å². The lowest BCUT2D eigenvalue weighted by atomic mass is 10.0. The van der Waals surface area contributed by atoms with Crippen molar-refractivity contribution < 1.29 is 14.0 Å². The van der Waals surface area contributed by atoms with Crippen LogP contribution in [0.3, 0.4) is 0 Å². The zero-order valence-corrected chi connectivity index (χ0v) is 17.7. The Morgan fingerprint density at radius 3 is 2.67 bits per heavy atom. The number of amides is 1. The van der Waals surface area contributed by atoms with Gasteiger partial charge in [-0.15, -0.1) is 0 Å². The molecule has 4 heterocycles. The summed E-state index contributed by atoms with van der Waals surface area (Å²) in [5, 5.41) is 2.86. The van der Waals surface area contributed by atoms with Crippen LogP contribution in [0.25, 0.3) is 28.2 Å². The number of imidazole rings is 1. The third-order valence-electron chi connectivity index (χ3n) is 6.20. The number of nitrogens with zero attached hydrogens (tertiary/aromatic N) is 4. The average Bonchev–Trinajstić information content (AvgIpc) is 3.38. The van der Waals surface area contributed by atoms with E-state index in [9.17, 15) is 14.0 Å². The Morgan fingerprint density at radius 1 is 1.03 bits per heavy atom. The summed E-state index contributed by atoms with van der Waals surface area (Å²) in [5.74, 6) is 0.491. The molecule has 1 amide bonds. The molecule has 0 saturated carbocycles. The van der Waals surface area contributed by atoms with Gasteiger partial charge >= 0.3 is 0 Å². The first-order valence-corrected chi connectivity index (χ1v) is 10.9. The number of ketones is 1. The van der Waals surface area contributed by atoms with Gasteiger partial charge in [0.15, 0.2) is 17.2 Å². The van der Waals surface area contributed by atoms with Crippen molar-refractivity contribution in [2.24, 2.45) is 0 Å². The van der Waals surface area contributed by atoms with Crippen LogP contribution < -0.4 is 10.2 Å². The number of fused-ring (bicyclic) bond motifs is 2. The Kier molecular flexibility index (Phi) is 4.46. The molecule has 8 heteroatoms. The van der Waals surface area contributed by atoms with Crippen LogP contribution in [0.4, 0.5) is 15.9 Å². The molecule has 0 unspecified atom stereocenters. The summed E-state index contributed by atoms with van der Waals surface area (Å²) in [7, 11) is 0. The Morgan fingerprint density at radius 2 is 1.85 bits per heavy atom. The third kappa shape index (κ3) is 3.34. The molecule has 7 nitrogen and oxygen atoms in total. The first-order chi connectivity index (χ1) is 16.1. The molecule has 33 heavy (non-hydrogen) atoms. The highest BCUT2D eigenvalue weighted by atomic mass is 19.1. The molecule has 6 rings (SSSR count). The Balaban J connectivity index is 1.58. The number of nitrogens with one attached hydrogen (secondary N) is 1. The number of Topliss-reactive ketones (excluding diaryl/α,β-unsaturated/α-hetero) is 1. The van der Waals surface area contributed by atoms with Crippen LogP contribution in [-0.2, 0) is 16.0 Å². The van der Waals surface area contributed by atoms with Gasteiger partial charge in [0.2, 0.25) is 5.91 Å². The van der Waals surface area contributed by atoms with Gasteiger partial charge in [0, 0.05) is 42.2 Å². The lowest BCUT2D eigenvalue weighted by molar-refractivity contribution is -0.118. The highest BCUT2D eigenvalue weighted by Gasteiger charge is 2.25. The third-order valence-corrected chi connectivity index (χ3v) is 6.20. The first kappa shape index (κ1) is 19.6. The van der Waals surface area contributed by atoms with Crippen molar-refractivity contribution in [3.8, 4) is 22.5 Å². The molecule has 0 radical (unpaired) electrons. The molecule has 2 aromatic heterocycles. The minimum Gasteiger partial charge on any atom is -0.346 e. The summed E-state index contributed by atoms with van der Waals surface area (Å²) in [4.78, 5) is 35.4. The van der Waals surface area contributed by atoms with E-state index in [-0.39, 0.29) is 17.5 Å². The maximum atomic E-state index is 13.6. The van der Waals surface area contributed by atoms with E-state index in [1.807, 2.05) is 33.7 Å². The second-order valence-corrected chi connectivity index (χ2v) is 8.42. The number of aromatic nitrogens is 3. The van der Waals surface area contributed by atoms with E-state index < -0.39 is 0 Å². The highest BCUT2D eigenvalue weighted by Crippen LogP contribution is 2.37. The maximum Gasteiger partial charge on any atom is 0.228 e. The predicted molar refractivity (Wildman–Crippen MR) is 123 cm³/mol. The van der Waals surface area contributed by atoms with Crippen LogP contribution >= 0.6 is 0 Å². The van der Waals surface area contributed by atoms with Gasteiger partial charge in [-0.3, -0.25) is 14.0 Å². The molecule has 2 aromatic carbocycles. The Hall–Kier alpha value is -4.07. The number of halogens is 1. The Labute approximate surface area is 188 Å². The van der Waals surface area contributed by atoms with Gasteiger partial charge in [-0.1, -0.05) is 6.07 Å². The largest absolute Gasteiger partial charge is 0.346 e. The highest BCUT2D eigenvalue weighted by molar-refractivity contribution is 6.00. The second kappa shape index (κ2) is 7.51. The van der Waals surface area contributed by atoms with Gasteiger partial charge in [-0.25, -0.2) is 14.4 Å². The van der Waals surface area contributed by atoms with Crippen molar-refractivity contribution in [3.05, 3.63) is 66.2 Å². The molecule has 1 saturated heterocycles. The molecule has 2 aliphatic heterocycles. The van der Waals surface area contributed by atoms with Crippen LogP contribution in [0.15, 0.2) is 54.9 Å². The van der Waals surface area contributed by atoms with Crippen molar-refractivity contribution in [3.63, 3.8) is 0 Å². The zero-order valence-electron chi connectivity index (χ0n) is 17.7. The number of rotatable bonds is 3. The molecule has 4 aromatic rings. The molecular formula is C25H20FN5O2. The van der Waals surface area contributed by atoms with E-state index in [0.717, 1.165) is 41.0 Å². The van der Waals surface area contributed by atoms with Crippen LogP contribution in [-0.4, -0.2) is 39.1 Å². The molecule has 1 fully saturated rings. The summed E-state index contributed by atoms with van der Waals surface area (Å²) in [6.45, 7) is 1.05. The van der Waals surface area contributed by atoms with Crippen LogP contribution in [0.2, 0.25) is 0 Å². The average molecular weight is 441 g/mol. The molecule has 0 bridgehead atoms. The molecular weight excluding hydrogens is 421 g/mol. The maximum absolute atomic E-state index is 13.6. The summed E-state index contributed by atoms with van der Waals surface area (Å²) in [6.07, 6.45) is 5.25. The van der Waals surface area contributed by atoms with Crippen molar-refractivity contribution in [1.82, 2.24) is 14.4 Å². The summed E-state index contributed by atoms with van der Waals surface area (Å²) >= 11 is 0. The van der Waals surface area contributed by atoms with Gasteiger partial charge in [0.25, 0.3) is 0 Å². The fourth-order valence-corrected chi connectivity index (χ4v) is 4.67. The van der Waals surface area contributed by atoms with E-state index >= 15 is 0 Å². The minimum atomic E-state index is -0.319. The quantitative estimate of drug-likeness (QED) is 0.522. The first-order valence-electron chi connectivity index (χ1n) is 10.9. The van der Waals surface area contributed by atoms with Crippen molar-refractivity contribution in [1.29, 1.82) is 0 Å². The monoisotopic (exact) mass is 441 g/mol.